The van der Waals surface area contributed by atoms with Crippen LogP contribution in [0.3, 0.4) is 0 Å². The van der Waals surface area contributed by atoms with Crippen LogP contribution in [-0.4, -0.2) is 21.2 Å². The van der Waals surface area contributed by atoms with Gasteiger partial charge in [-0.25, -0.2) is 4.98 Å². The smallest absolute Gasteiger partial charge is 0.263 e. The van der Waals surface area contributed by atoms with Crippen LogP contribution in [-0.2, 0) is 6.42 Å². The maximum atomic E-state index is 6.00. The van der Waals surface area contributed by atoms with Gasteiger partial charge in [0.05, 0.1) is 0 Å². The van der Waals surface area contributed by atoms with Gasteiger partial charge in [-0.15, -0.1) is 0 Å². The Bertz CT molecular complexity index is 1030. The number of hydrogen-bond acceptors (Lipinski definition) is 5. The third-order valence-corrected chi connectivity index (χ3v) is 4.73. The average molecular weight is 379 g/mol. The predicted octanol–water partition coefficient (Wildman–Crippen LogP) is 5.37. The van der Waals surface area contributed by atoms with Crippen molar-refractivity contribution < 1.29 is 4.52 Å². The highest BCUT2D eigenvalue weighted by molar-refractivity contribution is 6.30. The first-order valence-corrected chi connectivity index (χ1v) is 9.25. The van der Waals surface area contributed by atoms with Crippen molar-refractivity contribution in [3.05, 3.63) is 71.5 Å². The average Bonchev–Trinajstić information content (AvgIpc) is 3.13. The Balaban J connectivity index is 1.58. The molecule has 1 N–H and O–H groups in total. The van der Waals surface area contributed by atoms with Gasteiger partial charge in [-0.2, -0.15) is 4.98 Å². The van der Waals surface area contributed by atoms with Gasteiger partial charge in [0, 0.05) is 16.6 Å². The molecule has 0 saturated carbocycles. The van der Waals surface area contributed by atoms with Gasteiger partial charge in [0.15, 0.2) is 0 Å². The van der Waals surface area contributed by atoms with Gasteiger partial charge < -0.3 is 9.84 Å². The third kappa shape index (κ3) is 3.93. The van der Waals surface area contributed by atoms with Crippen molar-refractivity contribution in [1.82, 2.24) is 15.1 Å². The van der Waals surface area contributed by atoms with Crippen LogP contribution in [0.5, 0.6) is 0 Å². The van der Waals surface area contributed by atoms with E-state index in [9.17, 15) is 0 Å². The Labute approximate surface area is 162 Å². The first-order valence-electron chi connectivity index (χ1n) is 8.87. The van der Waals surface area contributed by atoms with Gasteiger partial charge in [0.1, 0.15) is 23.2 Å². The first kappa shape index (κ1) is 17.5. The van der Waals surface area contributed by atoms with Crippen LogP contribution in [0.1, 0.15) is 18.9 Å². The molecule has 4 aromatic rings. The second kappa shape index (κ2) is 7.76. The van der Waals surface area contributed by atoms with Crippen LogP contribution in [0.4, 0.5) is 5.82 Å². The predicted molar refractivity (Wildman–Crippen MR) is 108 cm³/mol. The van der Waals surface area contributed by atoms with Crippen molar-refractivity contribution in [3.63, 3.8) is 0 Å². The number of fused-ring (bicyclic) bond motifs is 1. The largest absolute Gasteiger partial charge is 0.367 e. The lowest BCUT2D eigenvalue weighted by Crippen LogP contribution is -2.17. The highest BCUT2D eigenvalue weighted by Gasteiger charge is 2.18. The summed E-state index contributed by atoms with van der Waals surface area (Å²) in [7, 11) is 0. The third-order valence-electron chi connectivity index (χ3n) is 4.48. The summed E-state index contributed by atoms with van der Waals surface area (Å²) in [6.45, 7) is 2.15. The molecule has 0 unspecified atom stereocenters. The number of hydrogen-bond donors (Lipinski definition) is 1. The van der Waals surface area contributed by atoms with Gasteiger partial charge in [-0.05, 0) is 37.5 Å². The molecule has 0 radical (unpaired) electrons. The molecule has 0 saturated heterocycles. The lowest BCUT2D eigenvalue weighted by molar-refractivity contribution is 0.451. The first-order chi connectivity index (χ1) is 13.2. The molecular formula is C21H19ClN4O. The van der Waals surface area contributed by atoms with E-state index in [-0.39, 0.29) is 6.04 Å². The van der Waals surface area contributed by atoms with E-state index in [1.165, 1.54) is 11.9 Å². The second-order valence-electron chi connectivity index (χ2n) is 6.51. The van der Waals surface area contributed by atoms with Crippen molar-refractivity contribution in [3.8, 4) is 11.3 Å². The number of anilines is 1. The van der Waals surface area contributed by atoms with Gasteiger partial charge in [0.25, 0.3) is 5.71 Å². The molecule has 0 amide bonds. The number of nitrogens with zero attached hydrogens (tertiary/aromatic N) is 3. The highest BCUT2D eigenvalue weighted by atomic mass is 35.5. The van der Waals surface area contributed by atoms with E-state index in [0.29, 0.717) is 16.4 Å². The molecule has 136 valence electrons. The Morgan fingerprint density at radius 3 is 2.59 bits per heavy atom. The van der Waals surface area contributed by atoms with Crippen LogP contribution in [0.25, 0.3) is 22.4 Å². The molecule has 6 heteroatoms. The van der Waals surface area contributed by atoms with Crippen LogP contribution in [0, 0.1) is 0 Å². The Kier molecular flexibility index (Phi) is 5.03. The molecule has 2 heterocycles. The summed E-state index contributed by atoms with van der Waals surface area (Å²) in [5, 5.41) is 9.14. The minimum absolute atomic E-state index is 0.233. The molecule has 27 heavy (non-hydrogen) atoms. The summed E-state index contributed by atoms with van der Waals surface area (Å²) in [6.07, 6.45) is 3.47. The zero-order chi connectivity index (χ0) is 18.6. The number of rotatable bonds is 6. The molecule has 0 aliphatic heterocycles. The summed E-state index contributed by atoms with van der Waals surface area (Å²) in [6, 6.07) is 18.2. The monoisotopic (exact) mass is 378 g/mol. The fraction of sp³-hybridized carbons (Fsp3) is 0.190. The van der Waals surface area contributed by atoms with Crippen molar-refractivity contribution in [2.75, 3.05) is 5.32 Å². The molecule has 0 bridgehead atoms. The fourth-order valence-corrected chi connectivity index (χ4v) is 3.16. The van der Waals surface area contributed by atoms with E-state index in [4.69, 9.17) is 16.1 Å². The van der Waals surface area contributed by atoms with Crippen molar-refractivity contribution in [1.29, 1.82) is 0 Å². The van der Waals surface area contributed by atoms with E-state index < -0.39 is 0 Å². The van der Waals surface area contributed by atoms with Gasteiger partial charge >= 0.3 is 0 Å². The molecule has 2 aromatic heterocycles. The van der Waals surface area contributed by atoms with Gasteiger partial charge in [-0.3, -0.25) is 0 Å². The van der Waals surface area contributed by atoms with Crippen LogP contribution >= 0.6 is 11.6 Å². The maximum Gasteiger partial charge on any atom is 0.263 e. The molecule has 0 fully saturated rings. The summed E-state index contributed by atoms with van der Waals surface area (Å²) in [5.41, 5.74) is 3.41. The number of halogens is 1. The van der Waals surface area contributed by atoms with Crippen LogP contribution < -0.4 is 5.32 Å². The SMILES string of the molecule is C[C@H](CCc1ccccc1)Nc1ncnc2onc(-c3ccc(Cl)cc3)c12. The fourth-order valence-electron chi connectivity index (χ4n) is 3.03. The number of aromatic nitrogens is 3. The Hall–Kier alpha value is -2.92. The minimum atomic E-state index is 0.233. The molecule has 2 aromatic carbocycles. The maximum absolute atomic E-state index is 6.00. The van der Waals surface area contributed by atoms with E-state index >= 15 is 0 Å². The van der Waals surface area contributed by atoms with Crippen molar-refractivity contribution in [2.24, 2.45) is 0 Å². The Morgan fingerprint density at radius 2 is 1.81 bits per heavy atom. The second-order valence-corrected chi connectivity index (χ2v) is 6.95. The normalized spacial score (nSPS) is 12.2. The van der Waals surface area contributed by atoms with Crippen LogP contribution in [0.2, 0.25) is 5.02 Å². The van der Waals surface area contributed by atoms with E-state index in [2.05, 4.69) is 51.6 Å². The minimum Gasteiger partial charge on any atom is -0.367 e. The van der Waals surface area contributed by atoms with Crippen molar-refractivity contribution in [2.45, 2.75) is 25.8 Å². The summed E-state index contributed by atoms with van der Waals surface area (Å²) in [5.74, 6) is 0.728. The van der Waals surface area contributed by atoms with E-state index in [1.807, 2.05) is 30.3 Å². The number of aryl methyl sites for hydroxylation is 1. The summed E-state index contributed by atoms with van der Waals surface area (Å²) in [4.78, 5) is 8.63. The molecule has 5 nitrogen and oxygen atoms in total. The quantitative estimate of drug-likeness (QED) is 0.488. The Morgan fingerprint density at radius 1 is 1.04 bits per heavy atom. The number of nitrogens with one attached hydrogen (secondary N) is 1. The topological polar surface area (TPSA) is 63.8 Å². The zero-order valence-electron chi connectivity index (χ0n) is 14.9. The van der Waals surface area contributed by atoms with Gasteiger partial charge in [-0.1, -0.05) is 59.2 Å². The van der Waals surface area contributed by atoms with Crippen molar-refractivity contribution >= 4 is 28.5 Å². The van der Waals surface area contributed by atoms with Gasteiger partial charge in [0.2, 0.25) is 0 Å². The standard InChI is InChI=1S/C21H19ClN4O/c1-14(7-8-15-5-3-2-4-6-15)25-20-18-19(16-9-11-17(22)12-10-16)26-27-21(18)24-13-23-20/h2-6,9-14H,7-8H2,1H3,(H,23,24,25)/t14-/m1/s1. The molecule has 1 atom stereocenters. The lowest BCUT2D eigenvalue weighted by Gasteiger charge is -2.15. The lowest BCUT2D eigenvalue weighted by atomic mass is 10.1. The molecule has 4 rings (SSSR count). The summed E-state index contributed by atoms with van der Waals surface area (Å²) < 4.78 is 5.41. The summed E-state index contributed by atoms with van der Waals surface area (Å²) >= 11 is 6.00. The molecule has 0 aliphatic rings. The highest BCUT2D eigenvalue weighted by Crippen LogP contribution is 2.32. The molecular weight excluding hydrogens is 360 g/mol. The molecule has 0 spiro atoms. The van der Waals surface area contributed by atoms with E-state index in [0.717, 1.165) is 29.6 Å². The van der Waals surface area contributed by atoms with Crippen LogP contribution in [0.15, 0.2) is 65.4 Å². The zero-order valence-corrected chi connectivity index (χ0v) is 15.6. The molecule has 0 aliphatic carbocycles. The van der Waals surface area contributed by atoms with E-state index in [1.54, 1.807) is 0 Å². The number of benzene rings is 2.